The number of esters is 2. The highest BCUT2D eigenvalue weighted by molar-refractivity contribution is 7.89. The van der Waals surface area contributed by atoms with Gasteiger partial charge in [-0.3, -0.25) is 19.2 Å². The van der Waals surface area contributed by atoms with E-state index in [1.807, 2.05) is 27.7 Å². The van der Waals surface area contributed by atoms with Crippen LogP contribution in [0.3, 0.4) is 0 Å². The molecule has 26 heteroatoms. The van der Waals surface area contributed by atoms with Crippen LogP contribution in [0.1, 0.15) is 75.7 Å². The van der Waals surface area contributed by atoms with Crippen molar-refractivity contribution in [2.24, 2.45) is 0 Å². The van der Waals surface area contributed by atoms with Gasteiger partial charge in [0.2, 0.25) is 31.7 Å². The van der Waals surface area contributed by atoms with Crippen LogP contribution in [0.5, 0.6) is 11.5 Å². The molecule has 0 bridgehead atoms. The van der Waals surface area contributed by atoms with Gasteiger partial charge in [-0.05, 0) is 154 Å². The second-order valence-electron chi connectivity index (χ2n) is 19.3. The van der Waals surface area contributed by atoms with Crippen molar-refractivity contribution in [1.29, 1.82) is 0 Å². The molecule has 6 aromatic rings. The number of sulfonamides is 2. The zero-order valence-electron chi connectivity index (χ0n) is 43.6. The Bertz CT molecular complexity index is 3260. The van der Waals surface area contributed by atoms with Crippen molar-refractivity contribution in [2.45, 2.75) is 109 Å². The van der Waals surface area contributed by atoms with Gasteiger partial charge in [0.05, 0.1) is 38.5 Å². The Hall–Kier alpha value is -6.96. The second kappa shape index (κ2) is 25.5. The van der Waals surface area contributed by atoms with Gasteiger partial charge in [0.25, 0.3) is 11.8 Å². The van der Waals surface area contributed by atoms with Crippen LogP contribution in [0.2, 0.25) is 10.0 Å². The van der Waals surface area contributed by atoms with E-state index >= 15 is 0 Å². The molecule has 0 aliphatic carbocycles. The molecule has 0 spiro atoms. The minimum absolute atomic E-state index is 0.0405. The van der Waals surface area contributed by atoms with E-state index in [0.717, 1.165) is 4.31 Å². The molecule has 2 aromatic heterocycles. The van der Waals surface area contributed by atoms with Gasteiger partial charge >= 0.3 is 23.9 Å². The number of hydrogen-bond acceptors (Lipinski definition) is 18. The van der Waals surface area contributed by atoms with Gasteiger partial charge in [0.1, 0.15) is 42.3 Å². The summed E-state index contributed by atoms with van der Waals surface area (Å²) in [4.78, 5) is 55.2. The fourth-order valence-electron chi connectivity index (χ4n) is 6.67. The Balaban J connectivity index is 0.000000292. The molecule has 2 N–H and O–H groups in total. The molecule has 22 nitrogen and oxygen atoms in total. The Labute approximate surface area is 455 Å². The summed E-state index contributed by atoms with van der Waals surface area (Å²) in [7, 11) is -8.58. The number of halogens is 2. The van der Waals surface area contributed by atoms with Gasteiger partial charge in [-0.1, -0.05) is 33.5 Å². The minimum atomic E-state index is -4.37. The minimum Gasteiger partial charge on any atom is -0.489 e. The number of carboxylic acids is 2. The molecule has 0 aliphatic heterocycles. The maximum absolute atomic E-state index is 13.6. The van der Waals surface area contributed by atoms with E-state index in [1.54, 1.807) is 77.9 Å². The van der Waals surface area contributed by atoms with Crippen molar-refractivity contribution < 1.29 is 74.2 Å². The van der Waals surface area contributed by atoms with Crippen LogP contribution in [0, 0.1) is 0 Å². The molecular formula is C51H58Cl2N6O16S2. The van der Waals surface area contributed by atoms with Crippen molar-refractivity contribution >= 4 is 67.1 Å². The Morgan fingerprint density at radius 3 is 1.27 bits per heavy atom. The predicted octanol–water partition coefficient (Wildman–Crippen LogP) is 8.91. The van der Waals surface area contributed by atoms with Gasteiger partial charge in [-0.2, -0.15) is 18.6 Å². The highest BCUT2D eigenvalue weighted by Crippen LogP contribution is 2.33. The second-order valence-corrected chi connectivity index (χ2v) is 24.0. The molecule has 77 heavy (non-hydrogen) atoms. The third kappa shape index (κ3) is 17.8. The third-order valence-corrected chi connectivity index (χ3v) is 14.0. The smallest absolute Gasteiger partial charge is 0.321 e. The first kappa shape index (κ1) is 60.9. The van der Waals surface area contributed by atoms with Gasteiger partial charge in [-0.25, -0.2) is 16.8 Å². The maximum atomic E-state index is 13.6. The lowest BCUT2D eigenvalue weighted by atomic mass is 10.2. The number of nitrogens with zero attached hydrogens (tertiary/aromatic N) is 6. The van der Waals surface area contributed by atoms with Crippen LogP contribution in [0.25, 0.3) is 45.7 Å². The van der Waals surface area contributed by atoms with Crippen LogP contribution >= 0.6 is 23.2 Å². The van der Waals surface area contributed by atoms with Crippen LogP contribution < -0.4 is 9.47 Å². The zero-order valence-corrected chi connectivity index (χ0v) is 46.8. The Kier molecular flexibility index (Phi) is 20.1. The van der Waals surface area contributed by atoms with Crippen LogP contribution in [-0.4, -0.2) is 129 Å². The van der Waals surface area contributed by atoms with E-state index in [1.165, 1.54) is 48.5 Å². The highest BCUT2D eigenvalue weighted by atomic mass is 35.5. The fraction of sp³-hybridized carbons (Fsp3) is 0.373. The average molecular weight is 1150 g/mol. The number of aliphatic carboxylic acids is 2. The molecule has 0 radical (unpaired) electrons. The largest absolute Gasteiger partial charge is 0.489 e. The van der Waals surface area contributed by atoms with Crippen LogP contribution in [0.4, 0.5) is 0 Å². The van der Waals surface area contributed by atoms with E-state index in [2.05, 4.69) is 20.3 Å². The van der Waals surface area contributed by atoms with Gasteiger partial charge in [-0.15, -0.1) is 0 Å². The SMILES string of the molecule is CC(C)Oc1ccc(-c2noc(-c3ccc(S(=O)(=O)N(CC(=O)O)CC(=O)O)cc3)n2)cc1Cl.CC(C)Oc1ccc(-c2noc(-c3ccc(S(=O)(=O)N(CCC(=O)OC(C)(C)C)CC(=O)OC(C)(C)C)cc3)n2)cc1Cl. The normalized spacial score (nSPS) is 12.1. The molecule has 414 valence electrons. The molecule has 6 rings (SSSR count). The number of hydrogen-bond donors (Lipinski definition) is 2. The van der Waals surface area contributed by atoms with Crippen molar-refractivity contribution in [1.82, 2.24) is 28.9 Å². The molecule has 0 amide bonds. The molecule has 0 saturated heterocycles. The summed E-state index contributed by atoms with van der Waals surface area (Å²) in [5.74, 6) is -2.46. The number of benzene rings is 4. The summed E-state index contributed by atoms with van der Waals surface area (Å²) in [6.45, 7) is 14.9. The lowest BCUT2D eigenvalue weighted by Gasteiger charge is -2.25. The molecule has 0 unspecified atom stereocenters. The van der Waals surface area contributed by atoms with Crippen molar-refractivity contribution in [2.75, 3.05) is 26.2 Å². The van der Waals surface area contributed by atoms with E-state index in [0.29, 0.717) is 48.1 Å². The molecule has 0 fully saturated rings. The molecule has 0 atom stereocenters. The standard InChI is InChI=1S/C30H38ClN3O8S.C21H20ClN3O8S/c1-19(2)39-24-14-11-21(17-23(24)31)27-32-28(42-33-27)20-9-12-22(13-10-20)43(37,38)34(18-26(36)41-30(6,7)8)16-15-25(35)40-29(3,4)5;1-12(2)32-17-8-5-14(9-16(17)22)20-23-21(33-24-20)13-3-6-15(7-4-13)34(30,31)25(10-18(26)27)11-19(28)29/h9-14,17,19H,15-16,18H2,1-8H3;3-9,12H,10-11H2,1-2H3,(H,26,27)(H,28,29). The number of carboxylic acid groups (broad SMARTS) is 2. The summed E-state index contributed by atoms with van der Waals surface area (Å²) < 4.78 is 86.4. The molecular weight excluding hydrogens is 1090 g/mol. The molecule has 0 saturated carbocycles. The van der Waals surface area contributed by atoms with Gasteiger partial charge in [0, 0.05) is 28.8 Å². The average Bonchev–Trinajstić information content (AvgIpc) is 4.02. The summed E-state index contributed by atoms with van der Waals surface area (Å²) in [6.07, 6.45) is -0.343. The first-order valence-corrected chi connectivity index (χ1v) is 27.1. The topological polar surface area (TPSA) is 298 Å². The number of carbonyl (C=O) groups is 4. The molecule has 4 aromatic carbocycles. The fourth-order valence-corrected chi connectivity index (χ4v) is 9.84. The van der Waals surface area contributed by atoms with E-state index in [-0.39, 0.29) is 58.4 Å². The van der Waals surface area contributed by atoms with E-state index in [4.69, 9.17) is 61.4 Å². The van der Waals surface area contributed by atoms with E-state index < -0.39 is 74.8 Å². The van der Waals surface area contributed by atoms with Crippen molar-refractivity contribution in [3.05, 3.63) is 95.0 Å². The summed E-state index contributed by atoms with van der Waals surface area (Å²) in [6, 6.07) is 21.1. The highest BCUT2D eigenvalue weighted by Gasteiger charge is 2.32. The van der Waals surface area contributed by atoms with Crippen LogP contribution in [-0.2, 0) is 48.7 Å². The van der Waals surface area contributed by atoms with Crippen molar-refractivity contribution in [3.63, 3.8) is 0 Å². The lowest BCUT2D eigenvalue weighted by Crippen LogP contribution is -2.40. The number of aromatic nitrogens is 4. The zero-order chi connectivity index (χ0) is 57.2. The number of ether oxygens (including phenoxy) is 4. The monoisotopic (exact) mass is 1140 g/mol. The third-order valence-electron chi connectivity index (χ3n) is 9.77. The van der Waals surface area contributed by atoms with E-state index in [9.17, 15) is 36.0 Å². The van der Waals surface area contributed by atoms with Crippen LogP contribution in [0.15, 0.2) is 104 Å². The summed E-state index contributed by atoms with van der Waals surface area (Å²) >= 11 is 12.6. The first-order chi connectivity index (χ1) is 35.8. The summed E-state index contributed by atoms with van der Waals surface area (Å²) in [5.41, 5.74) is 0.486. The number of carbonyl (C=O) groups excluding carboxylic acids is 2. The maximum Gasteiger partial charge on any atom is 0.321 e. The van der Waals surface area contributed by atoms with Crippen molar-refractivity contribution in [3.8, 4) is 57.2 Å². The predicted molar refractivity (Wildman–Crippen MR) is 281 cm³/mol. The number of rotatable bonds is 21. The summed E-state index contributed by atoms with van der Waals surface area (Å²) in [5, 5.41) is 26.6. The molecule has 2 heterocycles. The first-order valence-electron chi connectivity index (χ1n) is 23.5. The molecule has 0 aliphatic rings. The quantitative estimate of drug-likeness (QED) is 0.0635. The Morgan fingerprint density at radius 1 is 0.558 bits per heavy atom. The van der Waals surface area contributed by atoms with Gasteiger partial charge in [0.15, 0.2) is 0 Å². The van der Waals surface area contributed by atoms with Gasteiger partial charge < -0.3 is 38.2 Å². The Morgan fingerprint density at radius 2 is 0.922 bits per heavy atom. The lowest BCUT2D eigenvalue weighted by molar-refractivity contribution is -0.157.